The molecule has 0 saturated heterocycles. The van der Waals surface area contributed by atoms with Crippen molar-refractivity contribution in [2.75, 3.05) is 0 Å². The number of thiophene rings is 2. The van der Waals surface area contributed by atoms with Crippen LogP contribution in [0.2, 0.25) is 0 Å². The molecule has 3 aromatic heterocycles. The van der Waals surface area contributed by atoms with Crippen molar-refractivity contribution in [2.24, 2.45) is 0 Å². The molecule has 0 bridgehead atoms. The van der Waals surface area contributed by atoms with Gasteiger partial charge in [0.15, 0.2) is 0 Å². The Balaban J connectivity index is 1.20. The van der Waals surface area contributed by atoms with Crippen LogP contribution in [0.5, 0.6) is 0 Å². The summed E-state index contributed by atoms with van der Waals surface area (Å²) in [6, 6.07) is 63.9. The van der Waals surface area contributed by atoms with Gasteiger partial charge in [0.1, 0.15) is 0 Å². The van der Waals surface area contributed by atoms with E-state index < -0.39 is 0 Å². The Labute approximate surface area is 298 Å². The van der Waals surface area contributed by atoms with E-state index >= 15 is 0 Å². The minimum absolute atomic E-state index is 0.972. The number of fused-ring (bicyclic) bond motifs is 6. The van der Waals surface area contributed by atoms with Crippen molar-refractivity contribution >= 4 is 63.0 Å². The van der Waals surface area contributed by atoms with Gasteiger partial charge in [0.2, 0.25) is 0 Å². The van der Waals surface area contributed by atoms with Gasteiger partial charge in [-0.3, -0.25) is 0 Å². The maximum absolute atomic E-state index is 5.39. The molecule has 0 amide bonds. The van der Waals surface area contributed by atoms with Gasteiger partial charge in [0.25, 0.3) is 0 Å². The molecule has 7 aromatic carbocycles. The van der Waals surface area contributed by atoms with Crippen molar-refractivity contribution < 1.29 is 0 Å². The third kappa shape index (κ3) is 5.11. The zero-order valence-corrected chi connectivity index (χ0v) is 28.6. The van der Waals surface area contributed by atoms with Crippen LogP contribution >= 0.6 is 22.7 Å². The van der Waals surface area contributed by atoms with Gasteiger partial charge in [-0.1, -0.05) is 121 Å². The summed E-state index contributed by atoms with van der Waals surface area (Å²) in [6.07, 6.45) is 0. The summed E-state index contributed by atoms with van der Waals surface area (Å²) in [7, 11) is 0. The third-order valence-corrected chi connectivity index (χ3v) is 11.9. The van der Waals surface area contributed by atoms with Gasteiger partial charge in [-0.15, -0.1) is 22.7 Å². The second-order valence-electron chi connectivity index (χ2n) is 12.8. The molecule has 1 nitrogen and oxygen atoms in total. The topological polar surface area (TPSA) is 12.9 Å². The summed E-state index contributed by atoms with van der Waals surface area (Å²) in [5, 5.41) is 5.21. The fourth-order valence-electron chi connectivity index (χ4n) is 7.15. The summed E-state index contributed by atoms with van der Waals surface area (Å²) < 4.78 is 5.18. The van der Waals surface area contributed by atoms with E-state index in [0.29, 0.717) is 0 Å². The number of rotatable bonds is 5. The highest BCUT2D eigenvalue weighted by Crippen LogP contribution is 2.41. The van der Waals surface area contributed by atoms with Crippen LogP contribution in [0.1, 0.15) is 0 Å². The van der Waals surface area contributed by atoms with Crippen LogP contribution in [-0.4, -0.2) is 4.98 Å². The van der Waals surface area contributed by atoms with E-state index in [4.69, 9.17) is 4.98 Å². The van der Waals surface area contributed by atoms with Gasteiger partial charge in [-0.25, -0.2) is 4.98 Å². The molecule has 0 aliphatic heterocycles. The first-order valence-electron chi connectivity index (χ1n) is 16.9. The highest BCUT2D eigenvalue weighted by Gasteiger charge is 2.15. The smallest absolute Gasteiger partial charge is 0.0716 e. The van der Waals surface area contributed by atoms with Gasteiger partial charge in [0, 0.05) is 51.5 Å². The molecule has 0 spiro atoms. The zero-order valence-electron chi connectivity index (χ0n) is 27.0. The van der Waals surface area contributed by atoms with Gasteiger partial charge in [-0.05, 0) is 88.0 Å². The highest BCUT2D eigenvalue weighted by atomic mass is 32.1. The Bertz CT molecular complexity index is 2670. The van der Waals surface area contributed by atoms with Crippen molar-refractivity contribution in [3.8, 4) is 55.9 Å². The molecule has 0 aliphatic carbocycles. The first kappa shape index (κ1) is 29.1. The Kier molecular flexibility index (Phi) is 6.93. The van der Waals surface area contributed by atoms with Crippen LogP contribution in [0, 0.1) is 0 Å². The molecule has 234 valence electrons. The van der Waals surface area contributed by atoms with E-state index in [-0.39, 0.29) is 0 Å². The first-order chi connectivity index (χ1) is 24.7. The standard InChI is InChI=1S/C47H29NS2/c1-3-11-30(12-4-1)34-23-35(31-13-5-2-6-14-31)25-36(24-34)37-26-42(32-19-21-40-38-15-7-9-17-44(38)49-46(40)28-32)48-43(27-37)33-20-22-41-39-16-8-10-18-45(39)50-47(41)29-33/h1-29H. The number of nitrogens with zero attached hydrogens (tertiary/aromatic N) is 1. The normalized spacial score (nSPS) is 11.6. The lowest BCUT2D eigenvalue weighted by Gasteiger charge is -2.14. The van der Waals surface area contributed by atoms with E-state index in [9.17, 15) is 0 Å². The van der Waals surface area contributed by atoms with E-state index in [1.807, 2.05) is 22.7 Å². The van der Waals surface area contributed by atoms with Gasteiger partial charge >= 0.3 is 0 Å². The van der Waals surface area contributed by atoms with Crippen molar-refractivity contribution in [3.05, 3.63) is 176 Å². The molecule has 0 atom stereocenters. The number of aromatic nitrogens is 1. The summed E-state index contributed by atoms with van der Waals surface area (Å²) in [5.41, 5.74) is 11.3. The SMILES string of the molecule is c1ccc(-c2cc(-c3ccccc3)cc(-c3cc(-c4ccc5c(c4)sc4ccccc45)nc(-c4ccc5c(c4)sc4ccccc45)c3)c2)cc1. The van der Waals surface area contributed by atoms with Crippen LogP contribution in [0.4, 0.5) is 0 Å². The van der Waals surface area contributed by atoms with Gasteiger partial charge < -0.3 is 0 Å². The Hall–Kier alpha value is -5.87. The number of hydrogen-bond donors (Lipinski definition) is 0. The van der Waals surface area contributed by atoms with Crippen LogP contribution in [-0.2, 0) is 0 Å². The van der Waals surface area contributed by atoms with E-state index in [1.54, 1.807) is 0 Å². The van der Waals surface area contributed by atoms with Gasteiger partial charge in [-0.2, -0.15) is 0 Å². The number of hydrogen-bond acceptors (Lipinski definition) is 3. The fraction of sp³-hybridized carbons (Fsp3) is 0. The molecule has 0 fully saturated rings. The maximum Gasteiger partial charge on any atom is 0.0716 e. The second-order valence-corrected chi connectivity index (χ2v) is 14.9. The van der Waals surface area contributed by atoms with Crippen LogP contribution in [0.3, 0.4) is 0 Å². The predicted octanol–water partition coefficient (Wildman–Crippen LogP) is 14.2. The van der Waals surface area contributed by atoms with Crippen molar-refractivity contribution in [3.63, 3.8) is 0 Å². The molecule has 50 heavy (non-hydrogen) atoms. The predicted molar refractivity (Wildman–Crippen MR) is 217 cm³/mol. The molecular weight excluding hydrogens is 643 g/mol. The Morgan fingerprint density at radius 3 is 1.12 bits per heavy atom. The fourth-order valence-corrected chi connectivity index (χ4v) is 9.44. The number of pyridine rings is 1. The third-order valence-electron chi connectivity index (χ3n) is 9.65. The molecule has 0 radical (unpaired) electrons. The maximum atomic E-state index is 5.39. The highest BCUT2D eigenvalue weighted by molar-refractivity contribution is 7.26. The van der Waals surface area contributed by atoms with Crippen molar-refractivity contribution in [1.82, 2.24) is 4.98 Å². The van der Waals surface area contributed by atoms with E-state index in [0.717, 1.165) is 28.1 Å². The quantitative estimate of drug-likeness (QED) is 0.177. The Morgan fingerprint density at radius 2 is 0.640 bits per heavy atom. The molecule has 0 aliphatic rings. The lowest BCUT2D eigenvalue weighted by atomic mass is 9.92. The van der Waals surface area contributed by atoms with E-state index in [2.05, 4.69) is 176 Å². The molecule has 10 aromatic rings. The average molecular weight is 672 g/mol. The molecule has 3 heterocycles. The first-order valence-corrected chi connectivity index (χ1v) is 18.5. The zero-order chi connectivity index (χ0) is 33.0. The van der Waals surface area contributed by atoms with Gasteiger partial charge in [0.05, 0.1) is 11.4 Å². The minimum atomic E-state index is 0.972. The summed E-state index contributed by atoms with van der Waals surface area (Å²) in [6.45, 7) is 0. The van der Waals surface area contributed by atoms with Crippen LogP contribution in [0.15, 0.2) is 176 Å². The Morgan fingerprint density at radius 1 is 0.260 bits per heavy atom. The molecule has 10 rings (SSSR count). The van der Waals surface area contributed by atoms with Crippen molar-refractivity contribution in [2.45, 2.75) is 0 Å². The summed E-state index contributed by atoms with van der Waals surface area (Å²) in [5.74, 6) is 0. The number of benzene rings is 7. The monoisotopic (exact) mass is 671 g/mol. The molecule has 0 N–H and O–H groups in total. The lowest BCUT2D eigenvalue weighted by molar-refractivity contribution is 1.33. The average Bonchev–Trinajstić information content (AvgIpc) is 3.76. The molecular formula is C47H29NS2. The van der Waals surface area contributed by atoms with Crippen molar-refractivity contribution in [1.29, 1.82) is 0 Å². The molecule has 0 saturated carbocycles. The van der Waals surface area contributed by atoms with Crippen LogP contribution in [0.25, 0.3) is 96.2 Å². The molecule has 0 unspecified atom stereocenters. The second kappa shape index (κ2) is 11.9. The van der Waals surface area contributed by atoms with Crippen LogP contribution < -0.4 is 0 Å². The van der Waals surface area contributed by atoms with E-state index in [1.165, 1.54) is 68.2 Å². The largest absolute Gasteiger partial charge is 0.248 e. The minimum Gasteiger partial charge on any atom is -0.248 e. The summed E-state index contributed by atoms with van der Waals surface area (Å²) >= 11 is 3.70. The lowest BCUT2D eigenvalue weighted by Crippen LogP contribution is -1.92. The summed E-state index contributed by atoms with van der Waals surface area (Å²) in [4.78, 5) is 5.39. The molecule has 3 heteroatoms.